The SMILES string of the molecule is CC[C@H](NC(=O)COC(=O)c1ccc(Cl)cc1)c1ccc(Br)cc1. The molecule has 1 atom stereocenters. The summed E-state index contributed by atoms with van der Waals surface area (Å²) in [7, 11) is 0. The van der Waals surface area contributed by atoms with Crippen LogP contribution in [0.5, 0.6) is 0 Å². The maximum atomic E-state index is 12.0. The van der Waals surface area contributed by atoms with E-state index < -0.39 is 5.97 Å². The van der Waals surface area contributed by atoms with Crippen LogP contribution in [0.1, 0.15) is 35.3 Å². The molecule has 1 amide bonds. The fraction of sp³-hybridized carbons (Fsp3) is 0.222. The van der Waals surface area contributed by atoms with Gasteiger partial charge in [0.25, 0.3) is 5.91 Å². The maximum absolute atomic E-state index is 12.0. The summed E-state index contributed by atoms with van der Waals surface area (Å²) in [6.45, 7) is 1.65. The number of halogens is 2. The summed E-state index contributed by atoms with van der Waals surface area (Å²) in [6.07, 6.45) is 0.735. The minimum absolute atomic E-state index is 0.125. The van der Waals surface area contributed by atoms with Gasteiger partial charge in [-0.3, -0.25) is 4.79 Å². The minimum atomic E-state index is -0.557. The van der Waals surface area contributed by atoms with Crippen molar-refractivity contribution in [1.82, 2.24) is 5.32 Å². The number of hydrogen-bond donors (Lipinski definition) is 1. The van der Waals surface area contributed by atoms with Gasteiger partial charge in [-0.1, -0.05) is 46.6 Å². The smallest absolute Gasteiger partial charge is 0.338 e. The molecule has 126 valence electrons. The van der Waals surface area contributed by atoms with Crippen molar-refractivity contribution in [1.29, 1.82) is 0 Å². The minimum Gasteiger partial charge on any atom is -0.452 e. The van der Waals surface area contributed by atoms with Crippen molar-refractivity contribution in [3.05, 3.63) is 69.2 Å². The largest absolute Gasteiger partial charge is 0.452 e. The first-order valence-corrected chi connectivity index (χ1v) is 8.64. The van der Waals surface area contributed by atoms with Crippen molar-refractivity contribution in [2.75, 3.05) is 6.61 Å². The Bertz CT molecular complexity index is 701. The average molecular weight is 411 g/mol. The van der Waals surface area contributed by atoms with E-state index in [0.29, 0.717) is 10.6 Å². The van der Waals surface area contributed by atoms with E-state index >= 15 is 0 Å². The van der Waals surface area contributed by atoms with Crippen LogP contribution in [0.4, 0.5) is 0 Å². The second kappa shape index (κ2) is 8.85. The van der Waals surface area contributed by atoms with Crippen LogP contribution >= 0.6 is 27.5 Å². The zero-order valence-corrected chi connectivity index (χ0v) is 15.4. The zero-order valence-electron chi connectivity index (χ0n) is 13.1. The quantitative estimate of drug-likeness (QED) is 0.712. The second-order valence-electron chi connectivity index (χ2n) is 5.16. The molecule has 0 fully saturated rings. The van der Waals surface area contributed by atoms with Crippen LogP contribution in [-0.4, -0.2) is 18.5 Å². The Kier molecular flexibility index (Phi) is 6.82. The van der Waals surface area contributed by atoms with Gasteiger partial charge in [0.05, 0.1) is 11.6 Å². The summed E-state index contributed by atoms with van der Waals surface area (Å²) in [6, 6.07) is 13.9. The Labute approximate surface area is 154 Å². The Morgan fingerprint density at radius 1 is 1.12 bits per heavy atom. The third-order valence-electron chi connectivity index (χ3n) is 3.43. The molecule has 24 heavy (non-hydrogen) atoms. The summed E-state index contributed by atoms with van der Waals surface area (Å²) < 4.78 is 6.00. The van der Waals surface area contributed by atoms with Gasteiger partial charge in [-0.2, -0.15) is 0 Å². The number of nitrogens with one attached hydrogen (secondary N) is 1. The summed E-state index contributed by atoms with van der Waals surface area (Å²) in [5.41, 5.74) is 1.35. The molecule has 0 radical (unpaired) electrons. The lowest BCUT2D eigenvalue weighted by Gasteiger charge is -2.17. The van der Waals surface area contributed by atoms with E-state index in [1.807, 2.05) is 31.2 Å². The van der Waals surface area contributed by atoms with Gasteiger partial charge in [-0.05, 0) is 48.4 Å². The van der Waals surface area contributed by atoms with Crippen LogP contribution < -0.4 is 5.32 Å². The highest BCUT2D eigenvalue weighted by atomic mass is 79.9. The van der Waals surface area contributed by atoms with Crippen LogP contribution in [0.3, 0.4) is 0 Å². The van der Waals surface area contributed by atoms with Crippen molar-refractivity contribution >= 4 is 39.4 Å². The van der Waals surface area contributed by atoms with Gasteiger partial charge in [0.15, 0.2) is 6.61 Å². The Balaban J connectivity index is 1.88. The number of carbonyl (C=O) groups excluding carboxylic acids is 2. The molecule has 4 nitrogen and oxygen atoms in total. The number of carbonyl (C=O) groups is 2. The second-order valence-corrected chi connectivity index (χ2v) is 6.52. The van der Waals surface area contributed by atoms with E-state index in [1.165, 1.54) is 0 Å². The van der Waals surface area contributed by atoms with E-state index in [9.17, 15) is 9.59 Å². The van der Waals surface area contributed by atoms with Crippen molar-refractivity contribution in [2.45, 2.75) is 19.4 Å². The monoisotopic (exact) mass is 409 g/mol. The van der Waals surface area contributed by atoms with Crippen LogP contribution in [0.2, 0.25) is 5.02 Å². The third-order valence-corrected chi connectivity index (χ3v) is 4.21. The van der Waals surface area contributed by atoms with E-state index in [1.54, 1.807) is 24.3 Å². The predicted molar refractivity (Wildman–Crippen MR) is 97.1 cm³/mol. The Hall–Kier alpha value is -1.85. The Morgan fingerprint density at radius 3 is 2.33 bits per heavy atom. The number of ether oxygens (including phenoxy) is 1. The van der Waals surface area contributed by atoms with Crippen LogP contribution in [-0.2, 0) is 9.53 Å². The highest BCUT2D eigenvalue weighted by molar-refractivity contribution is 9.10. The summed E-state index contributed by atoms with van der Waals surface area (Å²) in [5.74, 6) is -0.898. The van der Waals surface area contributed by atoms with Crippen LogP contribution in [0.25, 0.3) is 0 Å². The van der Waals surface area contributed by atoms with Crippen molar-refractivity contribution in [2.24, 2.45) is 0 Å². The molecular weight excluding hydrogens is 394 g/mol. The molecule has 0 aliphatic heterocycles. The lowest BCUT2D eigenvalue weighted by atomic mass is 10.0. The molecule has 1 N–H and O–H groups in total. The molecule has 2 aromatic carbocycles. The molecule has 0 spiro atoms. The molecule has 0 heterocycles. The standard InChI is InChI=1S/C18H17BrClNO3/c1-2-16(12-3-7-14(19)8-4-12)21-17(22)11-24-18(23)13-5-9-15(20)10-6-13/h3-10,16H,2,11H2,1H3,(H,21,22)/t16-/m0/s1. The number of amides is 1. The molecule has 0 saturated carbocycles. The molecular formula is C18H17BrClNO3. The van der Waals surface area contributed by atoms with Gasteiger partial charge in [-0.15, -0.1) is 0 Å². The fourth-order valence-corrected chi connectivity index (χ4v) is 2.54. The normalized spacial score (nSPS) is 11.6. The summed E-state index contributed by atoms with van der Waals surface area (Å²) in [4.78, 5) is 23.9. The lowest BCUT2D eigenvalue weighted by molar-refractivity contribution is -0.125. The first-order chi connectivity index (χ1) is 11.5. The van der Waals surface area contributed by atoms with Crippen LogP contribution in [0.15, 0.2) is 53.0 Å². The van der Waals surface area contributed by atoms with Crippen molar-refractivity contribution in [3.63, 3.8) is 0 Å². The zero-order chi connectivity index (χ0) is 17.5. The molecule has 0 unspecified atom stereocenters. The van der Waals surface area contributed by atoms with E-state index in [-0.39, 0.29) is 18.6 Å². The van der Waals surface area contributed by atoms with E-state index in [2.05, 4.69) is 21.2 Å². The van der Waals surface area contributed by atoms with E-state index in [0.717, 1.165) is 16.5 Å². The molecule has 0 aliphatic rings. The highest BCUT2D eigenvalue weighted by Gasteiger charge is 2.15. The number of benzene rings is 2. The van der Waals surface area contributed by atoms with Crippen molar-refractivity contribution < 1.29 is 14.3 Å². The molecule has 0 aromatic heterocycles. The number of hydrogen-bond acceptors (Lipinski definition) is 3. The predicted octanol–water partition coefficient (Wildman–Crippen LogP) is 4.53. The average Bonchev–Trinajstić information content (AvgIpc) is 2.59. The molecule has 2 aromatic rings. The molecule has 6 heteroatoms. The van der Waals surface area contributed by atoms with Gasteiger partial charge >= 0.3 is 5.97 Å². The molecule has 2 rings (SSSR count). The van der Waals surface area contributed by atoms with Crippen molar-refractivity contribution in [3.8, 4) is 0 Å². The van der Waals surface area contributed by atoms with Gasteiger partial charge in [0.1, 0.15) is 0 Å². The van der Waals surface area contributed by atoms with Gasteiger partial charge in [0, 0.05) is 9.50 Å². The summed E-state index contributed by atoms with van der Waals surface area (Å²) >= 11 is 9.15. The third kappa shape index (κ3) is 5.35. The Morgan fingerprint density at radius 2 is 1.75 bits per heavy atom. The van der Waals surface area contributed by atoms with Crippen LogP contribution in [0, 0.1) is 0 Å². The van der Waals surface area contributed by atoms with Gasteiger partial charge in [-0.25, -0.2) is 4.79 Å². The first kappa shape index (κ1) is 18.5. The highest BCUT2D eigenvalue weighted by Crippen LogP contribution is 2.19. The topological polar surface area (TPSA) is 55.4 Å². The lowest BCUT2D eigenvalue weighted by Crippen LogP contribution is -2.32. The fourth-order valence-electron chi connectivity index (χ4n) is 2.15. The molecule has 0 aliphatic carbocycles. The summed E-state index contributed by atoms with van der Waals surface area (Å²) in [5, 5.41) is 3.40. The maximum Gasteiger partial charge on any atom is 0.338 e. The number of esters is 1. The molecule has 0 saturated heterocycles. The first-order valence-electron chi connectivity index (χ1n) is 7.47. The number of rotatable bonds is 6. The van der Waals surface area contributed by atoms with Gasteiger partial charge in [0.2, 0.25) is 0 Å². The molecule has 0 bridgehead atoms. The van der Waals surface area contributed by atoms with Gasteiger partial charge < -0.3 is 10.1 Å². The van der Waals surface area contributed by atoms with E-state index in [4.69, 9.17) is 16.3 Å².